The molecule has 1 aliphatic rings. The molecule has 0 saturated heterocycles. The Kier molecular flexibility index (Phi) is 3.53. The zero-order valence-electron chi connectivity index (χ0n) is 8.51. The van der Waals surface area contributed by atoms with Crippen molar-refractivity contribution < 1.29 is 0 Å². The molecule has 1 fully saturated rings. The standard InChI is InChI=1S/C10H22N2/c1-7(2)8(3)12-10-6-4-5-9(10)11/h7-10,12H,4-6,11H2,1-3H3. The van der Waals surface area contributed by atoms with E-state index >= 15 is 0 Å². The Morgan fingerprint density at radius 2 is 1.92 bits per heavy atom. The van der Waals surface area contributed by atoms with E-state index < -0.39 is 0 Å². The van der Waals surface area contributed by atoms with E-state index in [0.29, 0.717) is 24.0 Å². The van der Waals surface area contributed by atoms with Crippen molar-refractivity contribution in [1.29, 1.82) is 0 Å². The van der Waals surface area contributed by atoms with Crippen molar-refractivity contribution in [2.75, 3.05) is 0 Å². The molecule has 0 bridgehead atoms. The van der Waals surface area contributed by atoms with Gasteiger partial charge in [0.05, 0.1) is 0 Å². The Morgan fingerprint density at radius 1 is 1.25 bits per heavy atom. The summed E-state index contributed by atoms with van der Waals surface area (Å²) >= 11 is 0. The van der Waals surface area contributed by atoms with Crippen molar-refractivity contribution in [2.45, 2.75) is 58.2 Å². The van der Waals surface area contributed by atoms with Gasteiger partial charge in [0.1, 0.15) is 0 Å². The predicted molar refractivity (Wildman–Crippen MR) is 53.1 cm³/mol. The minimum Gasteiger partial charge on any atom is -0.326 e. The van der Waals surface area contributed by atoms with Crippen LogP contribution < -0.4 is 11.1 Å². The molecule has 1 rings (SSSR count). The van der Waals surface area contributed by atoms with E-state index in [1.165, 1.54) is 19.3 Å². The maximum absolute atomic E-state index is 5.96. The molecule has 0 spiro atoms. The van der Waals surface area contributed by atoms with E-state index in [1.54, 1.807) is 0 Å². The van der Waals surface area contributed by atoms with Gasteiger partial charge in [0, 0.05) is 18.1 Å². The molecule has 0 aromatic carbocycles. The van der Waals surface area contributed by atoms with Crippen LogP contribution in [-0.2, 0) is 0 Å². The van der Waals surface area contributed by atoms with E-state index in [0.717, 1.165) is 0 Å². The summed E-state index contributed by atoms with van der Waals surface area (Å²) in [5.41, 5.74) is 5.96. The quantitative estimate of drug-likeness (QED) is 0.673. The number of nitrogens with one attached hydrogen (secondary N) is 1. The number of hydrogen-bond donors (Lipinski definition) is 2. The fourth-order valence-electron chi connectivity index (χ4n) is 1.73. The fraction of sp³-hybridized carbons (Fsp3) is 1.00. The largest absolute Gasteiger partial charge is 0.326 e. The zero-order valence-corrected chi connectivity index (χ0v) is 8.51. The summed E-state index contributed by atoms with van der Waals surface area (Å²) in [6.07, 6.45) is 3.75. The van der Waals surface area contributed by atoms with Crippen LogP contribution in [-0.4, -0.2) is 18.1 Å². The minimum absolute atomic E-state index is 0.395. The van der Waals surface area contributed by atoms with Gasteiger partial charge < -0.3 is 11.1 Å². The van der Waals surface area contributed by atoms with Crippen molar-refractivity contribution in [1.82, 2.24) is 5.32 Å². The van der Waals surface area contributed by atoms with Crippen LogP contribution in [0.3, 0.4) is 0 Å². The van der Waals surface area contributed by atoms with Gasteiger partial charge in [-0.05, 0) is 25.7 Å². The normalized spacial score (nSPS) is 32.8. The zero-order chi connectivity index (χ0) is 9.14. The summed E-state index contributed by atoms with van der Waals surface area (Å²) in [6.45, 7) is 6.74. The summed E-state index contributed by atoms with van der Waals surface area (Å²) in [5, 5.41) is 3.60. The molecule has 0 aromatic rings. The van der Waals surface area contributed by atoms with Crippen LogP contribution in [0.1, 0.15) is 40.0 Å². The Balaban J connectivity index is 2.30. The molecule has 12 heavy (non-hydrogen) atoms. The van der Waals surface area contributed by atoms with Gasteiger partial charge in [0.15, 0.2) is 0 Å². The average molecular weight is 170 g/mol. The predicted octanol–water partition coefficient (Wildman–Crippen LogP) is 1.50. The molecule has 0 amide bonds. The van der Waals surface area contributed by atoms with Gasteiger partial charge in [0.2, 0.25) is 0 Å². The number of nitrogens with two attached hydrogens (primary N) is 1. The van der Waals surface area contributed by atoms with Gasteiger partial charge in [-0.15, -0.1) is 0 Å². The monoisotopic (exact) mass is 170 g/mol. The Morgan fingerprint density at radius 3 is 2.33 bits per heavy atom. The van der Waals surface area contributed by atoms with Crippen LogP contribution in [0.15, 0.2) is 0 Å². The lowest BCUT2D eigenvalue weighted by molar-refractivity contribution is 0.357. The first kappa shape index (κ1) is 10.0. The Bertz CT molecular complexity index is 134. The summed E-state index contributed by atoms with van der Waals surface area (Å²) < 4.78 is 0. The van der Waals surface area contributed by atoms with Crippen molar-refractivity contribution in [2.24, 2.45) is 11.7 Å². The van der Waals surface area contributed by atoms with E-state index in [9.17, 15) is 0 Å². The molecule has 0 aromatic heterocycles. The topological polar surface area (TPSA) is 38.0 Å². The summed E-state index contributed by atoms with van der Waals surface area (Å²) in [7, 11) is 0. The highest BCUT2D eigenvalue weighted by Gasteiger charge is 2.25. The van der Waals surface area contributed by atoms with Crippen LogP contribution >= 0.6 is 0 Å². The fourth-order valence-corrected chi connectivity index (χ4v) is 1.73. The Hall–Kier alpha value is -0.0800. The van der Waals surface area contributed by atoms with Gasteiger partial charge in [-0.2, -0.15) is 0 Å². The second kappa shape index (κ2) is 4.24. The third-order valence-corrected chi connectivity index (χ3v) is 3.05. The molecule has 1 aliphatic carbocycles. The molecule has 3 unspecified atom stereocenters. The molecule has 0 radical (unpaired) electrons. The molecule has 1 saturated carbocycles. The first-order chi connectivity index (χ1) is 5.61. The highest BCUT2D eigenvalue weighted by Crippen LogP contribution is 2.18. The molecule has 0 heterocycles. The van der Waals surface area contributed by atoms with E-state index in [1.807, 2.05) is 0 Å². The molecule has 2 nitrogen and oxygen atoms in total. The molecular formula is C10H22N2. The van der Waals surface area contributed by atoms with Crippen molar-refractivity contribution in [3.8, 4) is 0 Å². The molecule has 3 atom stereocenters. The van der Waals surface area contributed by atoms with Crippen LogP contribution in [0, 0.1) is 5.92 Å². The highest BCUT2D eigenvalue weighted by molar-refractivity contribution is 4.87. The van der Waals surface area contributed by atoms with Gasteiger partial charge >= 0.3 is 0 Å². The highest BCUT2D eigenvalue weighted by atomic mass is 15.0. The van der Waals surface area contributed by atoms with Crippen LogP contribution in [0.5, 0.6) is 0 Å². The smallest absolute Gasteiger partial charge is 0.0221 e. The lowest BCUT2D eigenvalue weighted by Crippen LogP contribution is -2.46. The lowest BCUT2D eigenvalue weighted by atomic mass is 10.0. The average Bonchev–Trinajstić information content (AvgIpc) is 2.36. The summed E-state index contributed by atoms with van der Waals surface area (Å²) in [5.74, 6) is 0.706. The maximum Gasteiger partial charge on any atom is 0.0221 e. The number of hydrogen-bond acceptors (Lipinski definition) is 2. The number of rotatable bonds is 3. The third kappa shape index (κ3) is 2.46. The van der Waals surface area contributed by atoms with Crippen molar-refractivity contribution in [3.05, 3.63) is 0 Å². The van der Waals surface area contributed by atoms with E-state index in [-0.39, 0.29) is 0 Å². The molecule has 3 N–H and O–H groups in total. The molecule has 2 heteroatoms. The van der Waals surface area contributed by atoms with Gasteiger partial charge in [-0.25, -0.2) is 0 Å². The molecule has 0 aliphatic heterocycles. The second-order valence-electron chi connectivity index (χ2n) is 4.40. The minimum atomic E-state index is 0.395. The SMILES string of the molecule is CC(C)C(C)NC1CCCC1N. The third-order valence-electron chi connectivity index (χ3n) is 3.05. The second-order valence-corrected chi connectivity index (χ2v) is 4.40. The van der Waals surface area contributed by atoms with Gasteiger partial charge in [-0.3, -0.25) is 0 Å². The Labute approximate surface area is 75.9 Å². The summed E-state index contributed by atoms with van der Waals surface area (Å²) in [4.78, 5) is 0. The van der Waals surface area contributed by atoms with Crippen LogP contribution in [0.4, 0.5) is 0 Å². The van der Waals surface area contributed by atoms with Gasteiger partial charge in [0.25, 0.3) is 0 Å². The maximum atomic E-state index is 5.96. The summed E-state index contributed by atoms with van der Waals surface area (Å²) in [6, 6.07) is 1.56. The molecule has 72 valence electrons. The van der Waals surface area contributed by atoms with Crippen LogP contribution in [0.25, 0.3) is 0 Å². The first-order valence-electron chi connectivity index (χ1n) is 5.13. The molecular weight excluding hydrogens is 148 g/mol. The van der Waals surface area contributed by atoms with Crippen molar-refractivity contribution in [3.63, 3.8) is 0 Å². The lowest BCUT2D eigenvalue weighted by Gasteiger charge is -2.25. The van der Waals surface area contributed by atoms with E-state index in [2.05, 4.69) is 26.1 Å². The first-order valence-corrected chi connectivity index (χ1v) is 5.13. The van der Waals surface area contributed by atoms with Crippen LogP contribution in [0.2, 0.25) is 0 Å². The van der Waals surface area contributed by atoms with Crippen molar-refractivity contribution >= 4 is 0 Å². The van der Waals surface area contributed by atoms with Gasteiger partial charge in [-0.1, -0.05) is 20.3 Å². The van der Waals surface area contributed by atoms with E-state index in [4.69, 9.17) is 5.73 Å².